The summed E-state index contributed by atoms with van der Waals surface area (Å²) < 4.78 is 8.56. The van der Waals surface area contributed by atoms with Crippen molar-refractivity contribution < 1.29 is 9.53 Å². The van der Waals surface area contributed by atoms with Crippen LogP contribution in [0.4, 0.5) is 0 Å². The molecule has 4 aromatic carbocycles. The van der Waals surface area contributed by atoms with Crippen LogP contribution in [0, 0.1) is 6.92 Å². The van der Waals surface area contributed by atoms with Crippen molar-refractivity contribution in [3.05, 3.63) is 132 Å². The molecule has 1 aliphatic heterocycles. The SMILES string of the molecule is CCN1CCN(C(=O)CC(c2cccc(Oc3ccccc3)c2)c2cn(Cc3ccc(C)cc3)c3ccccc23)CC1. The van der Waals surface area contributed by atoms with Gasteiger partial charge in [0.2, 0.25) is 5.91 Å². The van der Waals surface area contributed by atoms with Crippen LogP contribution >= 0.6 is 0 Å². The third kappa shape index (κ3) is 6.27. The molecule has 0 radical (unpaired) electrons. The molecule has 0 bridgehead atoms. The van der Waals surface area contributed by atoms with Crippen LogP contribution in [0.5, 0.6) is 11.5 Å². The lowest BCUT2D eigenvalue weighted by Crippen LogP contribution is -2.48. The van der Waals surface area contributed by atoms with Crippen molar-refractivity contribution in [1.29, 1.82) is 0 Å². The van der Waals surface area contributed by atoms with Crippen molar-refractivity contribution in [1.82, 2.24) is 14.4 Å². The number of nitrogens with zero attached hydrogens (tertiary/aromatic N) is 3. The molecule has 1 saturated heterocycles. The van der Waals surface area contributed by atoms with Gasteiger partial charge >= 0.3 is 0 Å². The first kappa shape index (κ1) is 27.8. The first-order valence-corrected chi connectivity index (χ1v) is 15.0. The van der Waals surface area contributed by atoms with Gasteiger partial charge in [0.25, 0.3) is 0 Å². The van der Waals surface area contributed by atoms with E-state index in [9.17, 15) is 4.79 Å². The Hall–Kier alpha value is -4.35. The van der Waals surface area contributed by atoms with E-state index in [1.807, 2.05) is 42.5 Å². The third-order valence-corrected chi connectivity index (χ3v) is 8.46. The van der Waals surface area contributed by atoms with Gasteiger partial charge in [0.1, 0.15) is 11.5 Å². The van der Waals surface area contributed by atoms with E-state index in [2.05, 4.69) is 95.1 Å². The zero-order valence-corrected chi connectivity index (χ0v) is 24.6. The average Bonchev–Trinajstić information content (AvgIpc) is 3.39. The largest absolute Gasteiger partial charge is 0.457 e. The normalized spacial score (nSPS) is 14.7. The molecule has 5 heteroatoms. The summed E-state index contributed by atoms with van der Waals surface area (Å²) in [5, 5.41) is 1.19. The van der Waals surface area contributed by atoms with Gasteiger partial charge in [-0.05, 0) is 60.5 Å². The highest BCUT2D eigenvalue weighted by molar-refractivity contribution is 5.87. The minimum absolute atomic E-state index is 0.106. The van der Waals surface area contributed by atoms with E-state index in [1.165, 1.54) is 27.6 Å². The summed E-state index contributed by atoms with van der Waals surface area (Å²) in [5.41, 5.74) is 5.96. The Kier molecular flexibility index (Phi) is 8.38. The smallest absolute Gasteiger partial charge is 0.223 e. The van der Waals surface area contributed by atoms with E-state index in [1.54, 1.807) is 0 Å². The Balaban J connectivity index is 1.37. The number of benzene rings is 4. The predicted octanol–water partition coefficient (Wildman–Crippen LogP) is 7.48. The molecule has 1 fully saturated rings. The fraction of sp³-hybridized carbons (Fsp3) is 0.270. The van der Waals surface area contributed by atoms with Crippen LogP contribution in [0.2, 0.25) is 0 Å². The van der Waals surface area contributed by atoms with Crippen LogP contribution in [0.3, 0.4) is 0 Å². The highest BCUT2D eigenvalue weighted by Crippen LogP contribution is 2.37. The number of ether oxygens (including phenoxy) is 1. The van der Waals surface area contributed by atoms with Gasteiger partial charge in [-0.2, -0.15) is 0 Å². The number of amides is 1. The van der Waals surface area contributed by atoms with Gasteiger partial charge < -0.3 is 19.1 Å². The van der Waals surface area contributed by atoms with Gasteiger partial charge in [0.15, 0.2) is 0 Å². The molecule has 0 aliphatic carbocycles. The van der Waals surface area contributed by atoms with Gasteiger partial charge in [-0.25, -0.2) is 0 Å². The van der Waals surface area contributed by atoms with Crippen LogP contribution in [0.1, 0.15) is 41.5 Å². The second-order valence-corrected chi connectivity index (χ2v) is 11.3. The van der Waals surface area contributed by atoms with E-state index < -0.39 is 0 Å². The van der Waals surface area contributed by atoms with Gasteiger partial charge in [0.05, 0.1) is 0 Å². The number of piperazine rings is 1. The number of hydrogen-bond acceptors (Lipinski definition) is 3. The first-order chi connectivity index (χ1) is 20.6. The molecule has 6 rings (SSSR count). The maximum absolute atomic E-state index is 13.9. The Morgan fingerprint density at radius 3 is 2.29 bits per heavy atom. The molecule has 42 heavy (non-hydrogen) atoms. The predicted molar refractivity (Wildman–Crippen MR) is 170 cm³/mol. The minimum Gasteiger partial charge on any atom is -0.457 e. The summed E-state index contributed by atoms with van der Waals surface area (Å²) in [6, 6.07) is 35.4. The number of aromatic nitrogens is 1. The zero-order chi connectivity index (χ0) is 28.9. The van der Waals surface area contributed by atoms with Crippen molar-refractivity contribution in [3.63, 3.8) is 0 Å². The second kappa shape index (κ2) is 12.7. The van der Waals surface area contributed by atoms with E-state index in [0.717, 1.165) is 56.3 Å². The molecule has 1 amide bonds. The molecule has 0 spiro atoms. The molecule has 1 unspecified atom stereocenters. The number of rotatable bonds is 9. The quantitative estimate of drug-likeness (QED) is 0.189. The number of para-hydroxylation sites is 2. The van der Waals surface area contributed by atoms with E-state index in [-0.39, 0.29) is 11.8 Å². The number of fused-ring (bicyclic) bond motifs is 1. The molecule has 214 valence electrons. The Morgan fingerprint density at radius 1 is 0.810 bits per heavy atom. The van der Waals surface area contributed by atoms with Crippen LogP contribution in [-0.4, -0.2) is 53.0 Å². The van der Waals surface area contributed by atoms with Crippen LogP contribution < -0.4 is 4.74 Å². The zero-order valence-electron chi connectivity index (χ0n) is 24.6. The van der Waals surface area contributed by atoms with E-state index in [0.29, 0.717) is 6.42 Å². The molecule has 5 nitrogen and oxygen atoms in total. The summed E-state index contributed by atoms with van der Waals surface area (Å²) in [6.45, 7) is 9.54. The minimum atomic E-state index is -0.106. The standard InChI is InChI=1S/C37H39N3O2/c1-3-38-20-22-39(23-21-38)37(41)25-34(30-10-9-13-32(24-30)42-31-11-5-4-6-12-31)35-27-40(36-15-8-7-14-33(35)36)26-29-18-16-28(2)17-19-29/h4-19,24,27,34H,3,20-23,25-26H2,1-2H3. The molecular formula is C37H39N3O2. The number of likely N-dealkylation sites (N-methyl/N-ethyl adjacent to an activating group) is 1. The van der Waals surface area contributed by atoms with Gasteiger partial charge in [-0.3, -0.25) is 4.79 Å². The van der Waals surface area contributed by atoms with Crippen LogP contribution in [-0.2, 0) is 11.3 Å². The molecule has 5 aromatic rings. The number of aryl methyl sites for hydroxylation is 1. The Bertz CT molecular complexity index is 1630. The third-order valence-electron chi connectivity index (χ3n) is 8.46. The number of carbonyl (C=O) groups is 1. The molecule has 1 atom stereocenters. The fourth-order valence-electron chi connectivity index (χ4n) is 6.02. The van der Waals surface area contributed by atoms with Crippen molar-refractivity contribution >= 4 is 16.8 Å². The first-order valence-electron chi connectivity index (χ1n) is 15.0. The topological polar surface area (TPSA) is 37.7 Å². The number of carbonyl (C=O) groups excluding carboxylic acids is 1. The molecular weight excluding hydrogens is 518 g/mol. The van der Waals surface area contributed by atoms with Crippen molar-refractivity contribution in [2.45, 2.75) is 32.7 Å². The van der Waals surface area contributed by atoms with Crippen molar-refractivity contribution in [2.24, 2.45) is 0 Å². The summed E-state index contributed by atoms with van der Waals surface area (Å²) >= 11 is 0. The van der Waals surface area contributed by atoms with Crippen molar-refractivity contribution in [3.8, 4) is 11.5 Å². The van der Waals surface area contributed by atoms with Gasteiger partial charge in [-0.1, -0.05) is 85.3 Å². The number of hydrogen-bond donors (Lipinski definition) is 0. The van der Waals surface area contributed by atoms with Gasteiger partial charge in [-0.15, -0.1) is 0 Å². The molecule has 2 heterocycles. The van der Waals surface area contributed by atoms with Crippen molar-refractivity contribution in [2.75, 3.05) is 32.7 Å². The summed E-state index contributed by atoms with van der Waals surface area (Å²) in [7, 11) is 0. The highest BCUT2D eigenvalue weighted by atomic mass is 16.5. The molecule has 0 N–H and O–H groups in total. The maximum Gasteiger partial charge on any atom is 0.223 e. The lowest BCUT2D eigenvalue weighted by molar-refractivity contribution is -0.133. The van der Waals surface area contributed by atoms with Gasteiger partial charge in [0, 0.05) is 62.2 Å². The fourth-order valence-corrected chi connectivity index (χ4v) is 6.02. The summed E-state index contributed by atoms with van der Waals surface area (Å²) in [6.07, 6.45) is 2.68. The lowest BCUT2D eigenvalue weighted by atomic mass is 9.87. The van der Waals surface area contributed by atoms with E-state index >= 15 is 0 Å². The molecule has 1 aliphatic rings. The summed E-state index contributed by atoms with van der Waals surface area (Å²) in [5.74, 6) is 1.67. The second-order valence-electron chi connectivity index (χ2n) is 11.3. The Labute approximate surface area is 249 Å². The Morgan fingerprint density at radius 2 is 1.52 bits per heavy atom. The van der Waals surface area contributed by atoms with Crippen LogP contribution in [0.25, 0.3) is 10.9 Å². The lowest BCUT2D eigenvalue weighted by Gasteiger charge is -2.35. The molecule has 1 aromatic heterocycles. The van der Waals surface area contributed by atoms with E-state index in [4.69, 9.17) is 4.74 Å². The maximum atomic E-state index is 13.9. The average molecular weight is 558 g/mol. The van der Waals surface area contributed by atoms with Crippen LogP contribution in [0.15, 0.2) is 109 Å². The highest BCUT2D eigenvalue weighted by Gasteiger charge is 2.27. The molecule has 0 saturated carbocycles. The monoisotopic (exact) mass is 557 g/mol. The summed E-state index contributed by atoms with van der Waals surface area (Å²) in [4.78, 5) is 18.3.